The van der Waals surface area contributed by atoms with Crippen LogP contribution in [-0.4, -0.2) is 53.5 Å². The molecule has 1 aliphatic heterocycles. The smallest absolute Gasteiger partial charge is 0.245 e. The summed E-state index contributed by atoms with van der Waals surface area (Å²) < 4.78 is 7.17. The zero-order valence-corrected chi connectivity index (χ0v) is 14.3. The maximum absolute atomic E-state index is 12.4. The van der Waals surface area contributed by atoms with Gasteiger partial charge >= 0.3 is 0 Å². The maximum Gasteiger partial charge on any atom is 0.245 e. The van der Waals surface area contributed by atoms with Crippen LogP contribution in [-0.2, 0) is 9.53 Å². The van der Waals surface area contributed by atoms with E-state index < -0.39 is 11.8 Å². The van der Waals surface area contributed by atoms with E-state index in [1.807, 2.05) is 41.3 Å². The number of benzene rings is 1. The zero-order chi connectivity index (χ0) is 18.4. The molecular formula is C18H20N6O2. The van der Waals surface area contributed by atoms with Gasteiger partial charge in [0.05, 0.1) is 25.0 Å². The summed E-state index contributed by atoms with van der Waals surface area (Å²) in [7, 11) is 0. The van der Waals surface area contributed by atoms with Crippen molar-refractivity contribution in [2.45, 2.75) is 5.92 Å². The van der Waals surface area contributed by atoms with Gasteiger partial charge in [-0.25, -0.2) is 0 Å². The summed E-state index contributed by atoms with van der Waals surface area (Å²) >= 11 is 0. The highest BCUT2D eigenvalue weighted by atomic mass is 16.5. The van der Waals surface area contributed by atoms with Gasteiger partial charge in [0.15, 0.2) is 11.7 Å². The van der Waals surface area contributed by atoms with Crippen LogP contribution in [0.15, 0.2) is 43.0 Å². The summed E-state index contributed by atoms with van der Waals surface area (Å²) in [4.78, 5) is 14.5. The van der Waals surface area contributed by atoms with E-state index >= 15 is 0 Å². The summed E-state index contributed by atoms with van der Waals surface area (Å²) in [6, 6.07) is 11.5. The number of anilines is 1. The third-order valence-electron chi connectivity index (χ3n) is 4.05. The van der Waals surface area contributed by atoms with Gasteiger partial charge in [0, 0.05) is 19.6 Å². The molecule has 8 nitrogen and oxygen atoms in total. The van der Waals surface area contributed by atoms with Crippen molar-refractivity contribution >= 4 is 11.9 Å². The van der Waals surface area contributed by atoms with Gasteiger partial charge in [-0.05, 0) is 12.1 Å². The van der Waals surface area contributed by atoms with Gasteiger partial charge in [0.1, 0.15) is 0 Å². The lowest BCUT2D eigenvalue weighted by molar-refractivity contribution is -0.121. The first-order valence-corrected chi connectivity index (χ1v) is 8.38. The predicted octanol–water partition coefficient (Wildman–Crippen LogP) is 1.01. The number of nitrogens with one attached hydrogen (secondary N) is 1. The summed E-state index contributed by atoms with van der Waals surface area (Å²) in [5.41, 5.74) is 0.797. The summed E-state index contributed by atoms with van der Waals surface area (Å²) in [6.07, 6.45) is 1.56. The molecule has 1 amide bonds. The summed E-state index contributed by atoms with van der Waals surface area (Å²) in [5.74, 6) is -0.601. The van der Waals surface area contributed by atoms with E-state index in [1.165, 1.54) is 0 Å². The van der Waals surface area contributed by atoms with Crippen molar-refractivity contribution in [3.8, 4) is 11.8 Å². The number of ether oxygens (including phenoxy) is 1. The normalized spacial score (nSPS) is 15.1. The van der Waals surface area contributed by atoms with Crippen molar-refractivity contribution in [3.63, 3.8) is 0 Å². The van der Waals surface area contributed by atoms with Crippen LogP contribution in [0.3, 0.4) is 0 Å². The Hall–Kier alpha value is -3.18. The fraction of sp³-hybridized carbons (Fsp3) is 0.333. The van der Waals surface area contributed by atoms with E-state index in [1.54, 1.807) is 10.6 Å². The minimum absolute atomic E-state index is 0.285. The molecule has 1 atom stereocenters. The number of nitrogens with zero attached hydrogens (tertiary/aromatic N) is 5. The molecule has 2 heterocycles. The van der Waals surface area contributed by atoms with Crippen molar-refractivity contribution < 1.29 is 9.53 Å². The van der Waals surface area contributed by atoms with Crippen LogP contribution in [0.2, 0.25) is 0 Å². The van der Waals surface area contributed by atoms with Crippen LogP contribution < -0.4 is 10.2 Å². The quantitative estimate of drug-likeness (QED) is 0.780. The van der Waals surface area contributed by atoms with E-state index in [0.29, 0.717) is 38.1 Å². The number of hydrogen-bond donors (Lipinski definition) is 1. The van der Waals surface area contributed by atoms with Crippen molar-refractivity contribution in [2.75, 3.05) is 37.7 Å². The molecule has 1 saturated heterocycles. The number of hydrogen-bond acceptors (Lipinski definition) is 6. The number of para-hydroxylation sites is 1. The van der Waals surface area contributed by atoms with Gasteiger partial charge in [-0.15, -0.1) is 16.8 Å². The number of morpholine rings is 1. The maximum atomic E-state index is 12.4. The van der Waals surface area contributed by atoms with E-state index in [9.17, 15) is 10.1 Å². The van der Waals surface area contributed by atoms with Crippen molar-refractivity contribution in [1.29, 1.82) is 5.26 Å². The highest BCUT2D eigenvalue weighted by molar-refractivity contribution is 5.86. The number of aromatic nitrogens is 3. The lowest BCUT2D eigenvalue weighted by Crippen LogP contribution is -2.38. The average molecular weight is 352 g/mol. The van der Waals surface area contributed by atoms with Crippen LogP contribution in [0, 0.1) is 11.3 Å². The van der Waals surface area contributed by atoms with Crippen LogP contribution >= 0.6 is 0 Å². The molecule has 1 aromatic heterocycles. The second kappa shape index (κ2) is 8.27. The second-order valence-corrected chi connectivity index (χ2v) is 5.72. The van der Waals surface area contributed by atoms with Crippen LogP contribution in [0.1, 0.15) is 11.7 Å². The molecule has 1 aromatic carbocycles. The SMILES string of the molecule is C=CCNC(=O)[C@H](C#N)c1nnc(N2CCOCC2)n1-c1ccccc1. The minimum Gasteiger partial charge on any atom is -0.378 e. The van der Waals surface area contributed by atoms with Gasteiger partial charge in [-0.3, -0.25) is 9.36 Å². The molecule has 1 aliphatic rings. The zero-order valence-electron chi connectivity index (χ0n) is 14.3. The Balaban J connectivity index is 2.04. The van der Waals surface area contributed by atoms with Gasteiger partial charge < -0.3 is 15.0 Å². The molecule has 2 aromatic rings. The number of amides is 1. The molecular weight excluding hydrogens is 332 g/mol. The van der Waals surface area contributed by atoms with Gasteiger partial charge in [-0.1, -0.05) is 24.3 Å². The Labute approximate surface area is 151 Å². The minimum atomic E-state index is -1.07. The molecule has 3 rings (SSSR count). The molecule has 0 aliphatic carbocycles. The van der Waals surface area contributed by atoms with E-state index in [0.717, 1.165) is 5.69 Å². The third kappa shape index (κ3) is 3.58. The Bertz CT molecular complexity index is 805. The van der Waals surface area contributed by atoms with Crippen molar-refractivity contribution in [1.82, 2.24) is 20.1 Å². The summed E-state index contributed by atoms with van der Waals surface area (Å²) in [6.45, 7) is 6.39. The second-order valence-electron chi connectivity index (χ2n) is 5.72. The number of carbonyl (C=O) groups excluding carboxylic acids is 1. The highest BCUT2D eigenvalue weighted by Crippen LogP contribution is 2.25. The first-order valence-electron chi connectivity index (χ1n) is 8.38. The molecule has 8 heteroatoms. The molecule has 134 valence electrons. The molecule has 0 saturated carbocycles. The molecule has 1 fully saturated rings. The van der Waals surface area contributed by atoms with Crippen molar-refractivity contribution in [2.24, 2.45) is 0 Å². The Morgan fingerprint density at radius 1 is 1.35 bits per heavy atom. The lowest BCUT2D eigenvalue weighted by Gasteiger charge is -2.28. The molecule has 1 N–H and O–H groups in total. The average Bonchev–Trinajstić information content (AvgIpc) is 3.13. The van der Waals surface area contributed by atoms with Crippen LogP contribution in [0.4, 0.5) is 5.95 Å². The van der Waals surface area contributed by atoms with E-state index in [-0.39, 0.29) is 6.54 Å². The first-order chi connectivity index (χ1) is 12.8. The fourth-order valence-electron chi connectivity index (χ4n) is 2.78. The van der Waals surface area contributed by atoms with Gasteiger partial charge in [0.25, 0.3) is 0 Å². The number of nitriles is 1. The third-order valence-corrected chi connectivity index (χ3v) is 4.05. The highest BCUT2D eigenvalue weighted by Gasteiger charge is 2.30. The van der Waals surface area contributed by atoms with E-state index in [4.69, 9.17) is 4.74 Å². The topological polar surface area (TPSA) is 96.1 Å². The molecule has 0 radical (unpaired) electrons. The number of rotatable bonds is 6. The molecule has 0 bridgehead atoms. The Morgan fingerprint density at radius 2 is 2.08 bits per heavy atom. The van der Waals surface area contributed by atoms with Crippen molar-refractivity contribution in [3.05, 3.63) is 48.8 Å². The van der Waals surface area contributed by atoms with Gasteiger partial charge in [-0.2, -0.15) is 5.26 Å². The summed E-state index contributed by atoms with van der Waals surface area (Å²) in [5, 5.41) is 20.7. The largest absolute Gasteiger partial charge is 0.378 e. The Kier molecular flexibility index (Phi) is 5.61. The first kappa shape index (κ1) is 17.6. The van der Waals surface area contributed by atoms with Gasteiger partial charge in [0.2, 0.25) is 11.9 Å². The molecule has 26 heavy (non-hydrogen) atoms. The molecule has 0 unspecified atom stereocenters. The van der Waals surface area contributed by atoms with E-state index in [2.05, 4.69) is 22.1 Å². The van der Waals surface area contributed by atoms with Crippen LogP contribution in [0.5, 0.6) is 0 Å². The molecule has 0 spiro atoms. The fourth-order valence-corrected chi connectivity index (χ4v) is 2.78. The predicted molar refractivity (Wildman–Crippen MR) is 96.0 cm³/mol. The monoisotopic (exact) mass is 352 g/mol. The lowest BCUT2D eigenvalue weighted by atomic mass is 10.1. The Morgan fingerprint density at radius 3 is 2.73 bits per heavy atom. The standard InChI is InChI=1S/C18H20N6O2/c1-2-8-20-17(25)15(13-19)16-21-22-18(23-9-11-26-12-10-23)24(16)14-6-4-3-5-7-14/h2-7,15H,1,8-12H2,(H,20,25)/t15-/m1/s1. The number of carbonyl (C=O) groups is 1. The van der Waals surface area contributed by atoms with Crippen LogP contribution in [0.25, 0.3) is 5.69 Å².